The third-order valence-electron chi connectivity index (χ3n) is 8.97. The van der Waals surface area contributed by atoms with Gasteiger partial charge < -0.3 is 4.57 Å². The van der Waals surface area contributed by atoms with Gasteiger partial charge in [0.05, 0.1) is 11.0 Å². The lowest BCUT2D eigenvalue weighted by Gasteiger charge is -2.10. The molecule has 0 saturated carbocycles. The Balaban J connectivity index is 1.16. The Morgan fingerprint density at radius 3 is 1.31 bits per heavy atom. The molecule has 0 N–H and O–H groups in total. The smallest absolute Gasteiger partial charge is 0.0541 e. The van der Waals surface area contributed by atoms with Crippen molar-refractivity contribution in [3.63, 3.8) is 0 Å². The van der Waals surface area contributed by atoms with Crippen molar-refractivity contribution in [2.24, 2.45) is 0 Å². The number of aromatic nitrogens is 1. The van der Waals surface area contributed by atoms with Gasteiger partial charge in [-0.15, -0.1) is 22.7 Å². The van der Waals surface area contributed by atoms with Crippen LogP contribution in [-0.2, 0) is 0 Å². The summed E-state index contributed by atoms with van der Waals surface area (Å²) in [7, 11) is 0. The second kappa shape index (κ2) is 12.1. The minimum atomic E-state index is 0.745. The van der Waals surface area contributed by atoms with Gasteiger partial charge in [-0.25, -0.2) is 0 Å². The molecule has 9 rings (SSSR count). The van der Waals surface area contributed by atoms with Crippen LogP contribution in [0.5, 0.6) is 0 Å². The second-order valence-electron chi connectivity index (χ2n) is 11.9. The van der Waals surface area contributed by atoms with Gasteiger partial charge in [0.25, 0.3) is 0 Å². The normalized spacial score (nSPS) is 11.4. The number of halogens is 1. The van der Waals surface area contributed by atoms with E-state index in [4.69, 9.17) is 11.6 Å². The van der Waals surface area contributed by atoms with Crippen molar-refractivity contribution in [2.45, 2.75) is 0 Å². The molecule has 228 valence electrons. The number of fused-ring (bicyclic) bond motifs is 3. The van der Waals surface area contributed by atoms with E-state index in [0.717, 1.165) is 16.3 Å². The maximum Gasteiger partial charge on any atom is 0.0541 e. The molecule has 3 heterocycles. The van der Waals surface area contributed by atoms with E-state index in [2.05, 4.69) is 162 Å². The van der Waals surface area contributed by atoms with Crippen molar-refractivity contribution in [3.05, 3.63) is 175 Å². The number of hydrogen-bond acceptors (Lipinski definition) is 2. The van der Waals surface area contributed by atoms with Crippen LogP contribution in [-0.4, -0.2) is 4.57 Å². The molecule has 0 fully saturated rings. The lowest BCUT2D eigenvalue weighted by atomic mass is 10.0. The molecule has 3 aromatic heterocycles. The monoisotopic (exact) mass is 669 g/mol. The predicted octanol–water partition coefficient (Wildman–Crippen LogP) is 13.9. The van der Waals surface area contributed by atoms with E-state index in [0.29, 0.717) is 0 Å². The van der Waals surface area contributed by atoms with E-state index in [-0.39, 0.29) is 0 Å². The van der Waals surface area contributed by atoms with Crippen LogP contribution in [0.2, 0.25) is 5.02 Å². The molecular weight excluding hydrogens is 642 g/mol. The van der Waals surface area contributed by atoms with Gasteiger partial charge in [0.1, 0.15) is 0 Å². The van der Waals surface area contributed by atoms with E-state index in [1.54, 1.807) is 0 Å². The molecule has 0 aliphatic heterocycles. The molecule has 0 bridgehead atoms. The van der Waals surface area contributed by atoms with E-state index in [1.807, 2.05) is 34.8 Å². The Bertz CT molecular complexity index is 2540. The summed E-state index contributed by atoms with van der Waals surface area (Å²) < 4.78 is 2.40. The van der Waals surface area contributed by atoms with Crippen LogP contribution in [0.4, 0.5) is 0 Å². The molecule has 0 amide bonds. The lowest BCUT2D eigenvalue weighted by molar-refractivity contribution is 1.18. The fourth-order valence-corrected chi connectivity index (χ4v) is 8.70. The molecule has 0 aliphatic rings. The highest BCUT2D eigenvalue weighted by molar-refractivity contribution is 7.19. The fraction of sp³-hybridized carbons (Fsp3) is 0. The number of benzene rings is 6. The fourth-order valence-electron chi connectivity index (χ4n) is 6.55. The first-order valence-corrected chi connectivity index (χ1v) is 17.9. The van der Waals surface area contributed by atoms with Crippen molar-refractivity contribution in [2.75, 3.05) is 0 Å². The quantitative estimate of drug-likeness (QED) is 0.166. The van der Waals surface area contributed by atoms with Gasteiger partial charge in [0.2, 0.25) is 0 Å². The minimum absolute atomic E-state index is 0.745. The molecule has 0 radical (unpaired) electrons. The molecule has 0 unspecified atom stereocenters. The average molecular weight is 670 g/mol. The van der Waals surface area contributed by atoms with E-state index < -0.39 is 0 Å². The zero-order valence-corrected chi connectivity index (χ0v) is 28.2. The van der Waals surface area contributed by atoms with Crippen molar-refractivity contribution in [3.8, 4) is 58.6 Å². The zero-order chi connectivity index (χ0) is 32.0. The summed E-state index contributed by atoms with van der Waals surface area (Å²) in [6.45, 7) is 0. The minimum Gasteiger partial charge on any atom is -0.309 e. The molecule has 4 heteroatoms. The van der Waals surface area contributed by atoms with E-state index >= 15 is 0 Å². The van der Waals surface area contributed by atoms with Gasteiger partial charge in [-0.3, -0.25) is 0 Å². The van der Waals surface area contributed by atoms with E-state index in [1.165, 1.54) is 69.1 Å². The van der Waals surface area contributed by atoms with Gasteiger partial charge >= 0.3 is 0 Å². The van der Waals surface area contributed by atoms with Crippen molar-refractivity contribution >= 4 is 56.1 Å². The molecule has 9 aromatic rings. The largest absolute Gasteiger partial charge is 0.309 e. The topological polar surface area (TPSA) is 4.93 Å². The van der Waals surface area contributed by atoms with Gasteiger partial charge in [0, 0.05) is 41.0 Å². The van der Waals surface area contributed by atoms with Crippen LogP contribution in [0.15, 0.2) is 170 Å². The van der Waals surface area contributed by atoms with E-state index in [9.17, 15) is 0 Å². The second-order valence-corrected chi connectivity index (χ2v) is 14.5. The number of nitrogens with zero attached hydrogens (tertiary/aromatic N) is 1. The molecule has 48 heavy (non-hydrogen) atoms. The number of rotatable bonds is 6. The molecule has 0 spiro atoms. The summed E-state index contributed by atoms with van der Waals surface area (Å²) in [6, 6.07) is 61.0. The van der Waals surface area contributed by atoms with Gasteiger partial charge in [-0.1, -0.05) is 109 Å². The first-order valence-electron chi connectivity index (χ1n) is 15.9. The highest BCUT2D eigenvalue weighted by atomic mass is 35.5. The average Bonchev–Trinajstić information content (AvgIpc) is 3.91. The molecule has 1 nitrogen and oxygen atoms in total. The zero-order valence-electron chi connectivity index (χ0n) is 25.8. The highest BCUT2D eigenvalue weighted by Crippen LogP contribution is 2.41. The summed E-state index contributed by atoms with van der Waals surface area (Å²) in [5, 5.41) is 3.21. The molecule has 0 saturated heterocycles. The first kappa shape index (κ1) is 29.0. The van der Waals surface area contributed by atoms with Crippen molar-refractivity contribution in [1.82, 2.24) is 4.57 Å². The standard InChI is InChI=1S/C44H28ClNS2/c45-35-17-11-29(12-18-35)33-15-21-39-37(27-33)38-28-34(44-26-25-42(48-44)31-9-5-2-6-10-31)16-22-40(38)46(39)36-19-13-32(14-20-36)43-24-23-41(47-43)30-7-3-1-4-8-30/h1-28H. The molecule has 6 aromatic carbocycles. The van der Waals surface area contributed by atoms with Crippen LogP contribution in [0.25, 0.3) is 80.4 Å². The molecular formula is C44H28ClNS2. The summed E-state index contributed by atoms with van der Waals surface area (Å²) in [6.07, 6.45) is 0. The van der Waals surface area contributed by atoms with Crippen LogP contribution >= 0.6 is 34.3 Å². The van der Waals surface area contributed by atoms with Gasteiger partial charge in [0.15, 0.2) is 0 Å². The van der Waals surface area contributed by atoms with Crippen molar-refractivity contribution in [1.29, 1.82) is 0 Å². The van der Waals surface area contributed by atoms with Gasteiger partial charge in [-0.2, -0.15) is 0 Å². The molecule has 0 atom stereocenters. The third kappa shape index (κ3) is 5.27. The van der Waals surface area contributed by atoms with Crippen LogP contribution in [0.3, 0.4) is 0 Å². The Morgan fingerprint density at radius 1 is 0.354 bits per heavy atom. The lowest BCUT2D eigenvalue weighted by Crippen LogP contribution is -1.93. The van der Waals surface area contributed by atoms with Gasteiger partial charge in [-0.05, 0) is 106 Å². The van der Waals surface area contributed by atoms with Crippen molar-refractivity contribution < 1.29 is 0 Å². The Labute approximate surface area is 292 Å². The first-order chi connectivity index (χ1) is 23.7. The third-order valence-corrected chi connectivity index (χ3v) is 11.6. The highest BCUT2D eigenvalue weighted by Gasteiger charge is 2.16. The predicted molar refractivity (Wildman–Crippen MR) is 209 cm³/mol. The molecule has 0 aliphatic carbocycles. The summed E-state index contributed by atoms with van der Waals surface area (Å²) in [5.74, 6) is 0. The maximum atomic E-state index is 6.24. The van der Waals surface area contributed by atoms with Crippen LogP contribution in [0.1, 0.15) is 0 Å². The maximum absolute atomic E-state index is 6.24. The Hall–Kier alpha value is -5.19. The van der Waals surface area contributed by atoms with Crippen LogP contribution < -0.4 is 0 Å². The summed E-state index contributed by atoms with van der Waals surface area (Å²) in [5.41, 5.74) is 10.8. The Kier molecular flexibility index (Phi) is 7.32. The van der Waals surface area contributed by atoms with Crippen LogP contribution in [0, 0.1) is 0 Å². The summed E-state index contributed by atoms with van der Waals surface area (Å²) in [4.78, 5) is 5.09. The SMILES string of the molecule is Clc1ccc(-c2ccc3c(c2)c2cc(-c4ccc(-c5ccccc5)s4)ccc2n3-c2ccc(-c3ccc(-c4ccccc4)s3)cc2)cc1. The number of thiophene rings is 2. The summed E-state index contributed by atoms with van der Waals surface area (Å²) >= 11 is 9.91. The number of hydrogen-bond donors (Lipinski definition) is 0. The Morgan fingerprint density at radius 2 is 0.771 bits per heavy atom.